The van der Waals surface area contributed by atoms with Crippen LogP contribution < -0.4 is 15.8 Å². The van der Waals surface area contributed by atoms with Gasteiger partial charge in [0.05, 0.1) is 44.2 Å². The Bertz CT molecular complexity index is 4430. The number of nitrogens with one attached hydrogen (secondary N) is 1. The summed E-state index contributed by atoms with van der Waals surface area (Å²) in [4.78, 5) is 10.00. The van der Waals surface area contributed by atoms with Gasteiger partial charge >= 0.3 is 12.4 Å². The molecule has 4 heterocycles. The van der Waals surface area contributed by atoms with E-state index in [0.29, 0.717) is 22.6 Å². The van der Waals surface area contributed by atoms with Gasteiger partial charge in [0.25, 0.3) is 0 Å². The van der Waals surface area contributed by atoms with E-state index >= 15 is 13.2 Å². The van der Waals surface area contributed by atoms with Gasteiger partial charge in [0, 0.05) is 65.7 Å². The number of halogens is 6. The summed E-state index contributed by atoms with van der Waals surface area (Å²) >= 11 is 0. The van der Waals surface area contributed by atoms with Crippen LogP contribution in [0.15, 0.2) is 246 Å². The normalized spacial score (nSPS) is 15.8. The topological polar surface area (TPSA) is 51.5 Å². The van der Waals surface area contributed by atoms with Crippen molar-refractivity contribution in [1.82, 2.24) is 19.0 Å². The van der Waals surface area contributed by atoms with Crippen molar-refractivity contribution in [3.05, 3.63) is 257 Å². The van der Waals surface area contributed by atoms with Gasteiger partial charge in [-0.15, -0.1) is 0 Å². The number of hydrogen-bond donors (Lipinski definition) is 1. The van der Waals surface area contributed by atoms with E-state index in [-0.39, 0.29) is 33.7 Å². The van der Waals surface area contributed by atoms with Crippen molar-refractivity contribution in [2.45, 2.75) is 18.8 Å². The molecule has 14 rings (SSSR count). The second kappa shape index (κ2) is 17.5. The quantitative estimate of drug-likeness (QED) is 0.172. The fourth-order valence-electron chi connectivity index (χ4n) is 11.4. The van der Waals surface area contributed by atoms with E-state index in [4.69, 9.17) is 9.98 Å². The summed E-state index contributed by atoms with van der Waals surface area (Å²) in [6.45, 7) is 0. The molecule has 1 N–H and O–H groups in total. The van der Waals surface area contributed by atoms with Crippen LogP contribution in [0.5, 0.6) is 0 Å². The molecular formula is C65H40F6N6. The molecule has 0 saturated carbocycles. The minimum atomic E-state index is -5.14. The van der Waals surface area contributed by atoms with Crippen LogP contribution in [-0.2, 0) is 0 Å². The minimum absolute atomic E-state index is 0.0560. The van der Waals surface area contributed by atoms with Gasteiger partial charge in [-0.2, -0.15) is 26.3 Å². The Morgan fingerprint density at radius 3 is 1.31 bits per heavy atom. The highest BCUT2D eigenvalue weighted by molar-refractivity contribution is 6.17. The largest absolute Gasteiger partial charge is 0.416 e. The molecule has 0 fully saturated rings. The Morgan fingerprint density at radius 2 is 0.818 bits per heavy atom. The fourth-order valence-corrected chi connectivity index (χ4v) is 11.4. The van der Waals surface area contributed by atoms with E-state index in [2.05, 4.69) is 104 Å². The molecule has 0 amide bonds. The molecule has 9 aromatic carbocycles. The Kier molecular flexibility index (Phi) is 10.4. The molecular weight excluding hydrogens is 979 g/mol. The number of allylic oxidation sites excluding steroid dienone is 4. The fraction of sp³-hybridized carbons (Fsp3) is 0.0462. The number of amidine groups is 2. The van der Waals surface area contributed by atoms with E-state index < -0.39 is 29.9 Å². The molecule has 77 heavy (non-hydrogen) atoms. The second-order valence-electron chi connectivity index (χ2n) is 19.2. The van der Waals surface area contributed by atoms with Crippen molar-refractivity contribution in [3.63, 3.8) is 0 Å². The maximum atomic E-state index is 15.4. The predicted molar refractivity (Wildman–Crippen MR) is 298 cm³/mol. The van der Waals surface area contributed by atoms with Crippen LogP contribution in [0, 0.1) is 0 Å². The Morgan fingerprint density at radius 1 is 0.390 bits per heavy atom. The standard InChI is InChI=1S/C65H40F6N6/c66-64(67,68)41-27-31-46(54(35-41)65(69,70)71)45-32-28-42(36-53(45)63-73-61(39-15-3-1-4-16-39)72-62(74-63)40-17-5-2-6-18-40)77-59-37-43(75-55-23-11-7-19-47(55)48-20-8-12-24-56(48)75)29-33-51(59)52-34-30-44(38-60(52)77)76-57-25-13-9-21-49(57)50-22-10-14-26-58(50)76/h1-30,32-38H,31H2,(H,72,73,74). The van der Waals surface area contributed by atoms with Crippen LogP contribution in [0.2, 0.25) is 0 Å². The number of aromatic nitrogens is 3. The minimum Gasteiger partial charge on any atom is -0.324 e. The van der Waals surface area contributed by atoms with E-state index in [0.717, 1.165) is 82.9 Å². The van der Waals surface area contributed by atoms with Gasteiger partial charge in [-0.1, -0.05) is 158 Å². The highest BCUT2D eigenvalue weighted by atomic mass is 19.4. The number of alkyl halides is 6. The summed E-state index contributed by atoms with van der Waals surface area (Å²) in [6.07, 6.45) is -9.76. The smallest absolute Gasteiger partial charge is 0.324 e. The van der Waals surface area contributed by atoms with E-state index in [1.807, 2.05) is 109 Å². The molecule has 1 aliphatic carbocycles. The number of nitrogens with zero attached hydrogens (tertiary/aromatic N) is 5. The third-order valence-corrected chi connectivity index (χ3v) is 14.8. The third-order valence-electron chi connectivity index (χ3n) is 14.8. The first-order chi connectivity index (χ1) is 37.5. The highest BCUT2D eigenvalue weighted by Gasteiger charge is 2.42. The van der Waals surface area contributed by atoms with Crippen LogP contribution in [0.3, 0.4) is 0 Å². The lowest BCUT2D eigenvalue weighted by Gasteiger charge is -2.22. The average Bonchev–Trinajstić information content (AvgIpc) is 4.25. The van der Waals surface area contributed by atoms with Crippen molar-refractivity contribution >= 4 is 88.5 Å². The molecule has 6 nitrogen and oxygen atoms in total. The maximum Gasteiger partial charge on any atom is 0.416 e. The number of aliphatic imine (C=N–C) groups is 2. The SMILES string of the molecule is FC(F)(F)C1=CCC(=c2ccc(-n3c4cc(-n5c6ccccc6c6ccccc65)ccc4c4ccc(-n5c6ccccc6c6ccccc65)cc43)cc2=C2N=C(c3ccccc3)N=C(c3ccccc3)N2)C(C(F)(F)F)=C1. The summed E-state index contributed by atoms with van der Waals surface area (Å²) in [5.74, 6) is 0.832. The highest BCUT2D eigenvalue weighted by Crippen LogP contribution is 2.42. The lowest BCUT2D eigenvalue weighted by atomic mass is 9.90. The van der Waals surface area contributed by atoms with Crippen LogP contribution >= 0.6 is 0 Å². The zero-order valence-electron chi connectivity index (χ0n) is 40.6. The number of fused-ring (bicyclic) bond motifs is 9. The van der Waals surface area contributed by atoms with Crippen molar-refractivity contribution in [1.29, 1.82) is 0 Å². The number of benzene rings is 9. The summed E-state index contributed by atoms with van der Waals surface area (Å²) in [5, 5.41) is 9.87. The molecule has 12 aromatic rings. The zero-order chi connectivity index (χ0) is 52.2. The molecule has 372 valence electrons. The number of para-hydroxylation sites is 4. The summed E-state index contributed by atoms with van der Waals surface area (Å²) in [5.41, 5.74) is 6.25. The Hall–Kier alpha value is -9.68. The molecule has 0 atom stereocenters. The first-order valence-electron chi connectivity index (χ1n) is 25.0. The first-order valence-corrected chi connectivity index (χ1v) is 25.0. The van der Waals surface area contributed by atoms with Gasteiger partial charge in [-0.25, -0.2) is 9.98 Å². The van der Waals surface area contributed by atoms with Crippen molar-refractivity contribution in [2.75, 3.05) is 0 Å². The summed E-state index contributed by atoms with van der Waals surface area (Å²) in [7, 11) is 0. The monoisotopic (exact) mass is 1020 g/mol. The second-order valence-corrected chi connectivity index (χ2v) is 19.2. The van der Waals surface area contributed by atoms with Gasteiger partial charge in [0.15, 0.2) is 5.84 Å². The van der Waals surface area contributed by atoms with Gasteiger partial charge < -0.3 is 19.0 Å². The van der Waals surface area contributed by atoms with E-state index in [1.165, 1.54) is 0 Å². The lowest BCUT2D eigenvalue weighted by molar-refractivity contribution is -0.0938. The zero-order valence-corrected chi connectivity index (χ0v) is 40.6. The number of hydrogen-bond acceptors (Lipinski definition) is 3. The Labute approximate surface area is 435 Å². The molecule has 2 aliphatic rings. The summed E-state index contributed by atoms with van der Waals surface area (Å²) < 4.78 is 95.5. The predicted octanol–water partition coefficient (Wildman–Crippen LogP) is 15.1. The van der Waals surface area contributed by atoms with Gasteiger partial charge in [0.1, 0.15) is 11.7 Å². The molecule has 1 aliphatic heterocycles. The van der Waals surface area contributed by atoms with Crippen LogP contribution in [0.25, 0.3) is 93.9 Å². The molecule has 3 aromatic heterocycles. The molecule has 0 radical (unpaired) electrons. The number of rotatable bonds is 5. The molecule has 12 heteroatoms. The van der Waals surface area contributed by atoms with Gasteiger partial charge in [0.2, 0.25) is 0 Å². The van der Waals surface area contributed by atoms with Gasteiger partial charge in [-0.3, -0.25) is 0 Å². The molecule has 0 saturated heterocycles. The average molecular weight is 1020 g/mol. The van der Waals surface area contributed by atoms with E-state index in [1.54, 1.807) is 18.2 Å². The first kappa shape index (κ1) is 45.9. The van der Waals surface area contributed by atoms with Crippen molar-refractivity contribution in [2.24, 2.45) is 9.98 Å². The van der Waals surface area contributed by atoms with Gasteiger partial charge in [-0.05, 0) is 84.0 Å². The maximum absolute atomic E-state index is 15.4. The molecule has 0 unspecified atom stereocenters. The van der Waals surface area contributed by atoms with Crippen molar-refractivity contribution < 1.29 is 26.3 Å². The van der Waals surface area contributed by atoms with Crippen molar-refractivity contribution in [3.8, 4) is 17.1 Å². The molecule has 0 bridgehead atoms. The van der Waals surface area contributed by atoms with Crippen LogP contribution in [-0.4, -0.2) is 37.7 Å². The van der Waals surface area contributed by atoms with E-state index in [9.17, 15) is 13.2 Å². The lowest BCUT2D eigenvalue weighted by Crippen LogP contribution is -2.39. The molecule has 0 spiro atoms. The van der Waals surface area contributed by atoms with Crippen LogP contribution in [0.4, 0.5) is 26.3 Å². The third kappa shape index (κ3) is 7.57. The summed E-state index contributed by atoms with van der Waals surface area (Å²) in [6, 6.07) is 69.4. The Balaban J connectivity index is 1.11. The van der Waals surface area contributed by atoms with Crippen LogP contribution in [0.1, 0.15) is 17.5 Å².